The second kappa shape index (κ2) is 11.2. The highest BCUT2D eigenvalue weighted by molar-refractivity contribution is 6.08. The largest absolute Gasteiger partial charge is 0.508 e. The Bertz CT molecular complexity index is 1490. The number of allylic oxidation sites excluding steroid dienone is 1. The molecular formula is C30H24O8. The van der Waals surface area contributed by atoms with Gasteiger partial charge in [0.1, 0.15) is 40.6 Å². The van der Waals surface area contributed by atoms with Crippen molar-refractivity contribution >= 4 is 17.6 Å². The maximum absolute atomic E-state index is 12.0. The Balaban J connectivity index is 0.000000177. The number of fused-ring (bicyclic) bond motifs is 1. The lowest BCUT2D eigenvalue weighted by atomic mass is 9.96. The quantitative estimate of drug-likeness (QED) is 0.178. The molecule has 0 saturated heterocycles. The van der Waals surface area contributed by atoms with Gasteiger partial charge in [0.25, 0.3) is 0 Å². The first kappa shape index (κ1) is 25.8. The maximum Gasteiger partial charge on any atom is 0.189 e. The summed E-state index contributed by atoms with van der Waals surface area (Å²) in [4.78, 5) is 23.9. The van der Waals surface area contributed by atoms with Crippen molar-refractivity contribution in [1.82, 2.24) is 0 Å². The van der Waals surface area contributed by atoms with Gasteiger partial charge < -0.3 is 30.3 Å². The smallest absolute Gasteiger partial charge is 0.189 e. The lowest BCUT2D eigenvalue weighted by Gasteiger charge is -2.25. The van der Waals surface area contributed by atoms with Crippen LogP contribution in [0.5, 0.6) is 34.5 Å². The van der Waals surface area contributed by atoms with E-state index in [0.29, 0.717) is 11.3 Å². The zero-order valence-corrected chi connectivity index (χ0v) is 20.0. The van der Waals surface area contributed by atoms with Crippen LogP contribution in [-0.4, -0.2) is 37.1 Å². The van der Waals surface area contributed by atoms with Crippen molar-refractivity contribution in [3.05, 3.63) is 113 Å². The average molecular weight is 513 g/mol. The van der Waals surface area contributed by atoms with Gasteiger partial charge >= 0.3 is 0 Å². The molecule has 4 aromatic carbocycles. The van der Waals surface area contributed by atoms with Crippen LogP contribution < -0.4 is 4.74 Å². The first-order valence-corrected chi connectivity index (χ1v) is 11.5. The number of ether oxygens (including phenoxy) is 1. The van der Waals surface area contributed by atoms with Gasteiger partial charge in [-0.25, -0.2) is 0 Å². The molecule has 0 radical (unpaired) electrons. The Hall–Kier alpha value is -5.24. The zero-order valence-electron chi connectivity index (χ0n) is 20.0. The van der Waals surface area contributed by atoms with E-state index in [1.165, 1.54) is 42.5 Å². The molecule has 0 aliphatic carbocycles. The number of phenolic OH excluding ortho intramolecular Hbond substituents is 5. The SMILES string of the molecule is O=C(/C=C/c1ccc(O)cc1)c1ccc(O)cc1O.O=C1CC(c2ccc(O)cc2)Oc2cc(O)ccc21. The Morgan fingerprint density at radius 1 is 0.737 bits per heavy atom. The first-order chi connectivity index (χ1) is 18.2. The van der Waals surface area contributed by atoms with Crippen LogP contribution in [0.1, 0.15) is 44.4 Å². The van der Waals surface area contributed by atoms with Crippen molar-refractivity contribution in [2.75, 3.05) is 0 Å². The molecule has 0 spiro atoms. The van der Waals surface area contributed by atoms with Crippen LogP contribution in [0.3, 0.4) is 0 Å². The van der Waals surface area contributed by atoms with Crippen molar-refractivity contribution in [3.8, 4) is 34.5 Å². The molecule has 8 nitrogen and oxygen atoms in total. The summed E-state index contributed by atoms with van der Waals surface area (Å²) in [6.07, 6.45) is 2.76. The number of hydrogen-bond acceptors (Lipinski definition) is 8. The molecule has 1 unspecified atom stereocenters. The summed E-state index contributed by atoms with van der Waals surface area (Å²) < 4.78 is 5.75. The van der Waals surface area contributed by atoms with E-state index in [4.69, 9.17) is 14.9 Å². The molecule has 0 fully saturated rings. The minimum Gasteiger partial charge on any atom is -0.508 e. The summed E-state index contributed by atoms with van der Waals surface area (Å²) >= 11 is 0. The van der Waals surface area contributed by atoms with Crippen molar-refractivity contribution in [2.45, 2.75) is 12.5 Å². The number of Topliss-reactive ketones (excluding diaryl/α,β-unsaturated/α-hetero) is 1. The van der Waals surface area contributed by atoms with Gasteiger partial charge in [-0.1, -0.05) is 30.3 Å². The van der Waals surface area contributed by atoms with Crippen molar-refractivity contribution in [2.24, 2.45) is 0 Å². The van der Waals surface area contributed by atoms with Crippen LogP contribution in [0.15, 0.2) is 91.0 Å². The number of benzene rings is 4. The highest BCUT2D eigenvalue weighted by atomic mass is 16.5. The molecular weight excluding hydrogens is 488 g/mol. The third kappa shape index (κ3) is 6.30. The number of hydrogen-bond donors (Lipinski definition) is 5. The topological polar surface area (TPSA) is 145 Å². The third-order valence-corrected chi connectivity index (χ3v) is 5.74. The molecule has 1 heterocycles. The Morgan fingerprint density at radius 2 is 1.32 bits per heavy atom. The van der Waals surface area contributed by atoms with E-state index in [2.05, 4.69) is 0 Å². The van der Waals surface area contributed by atoms with E-state index in [9.17, 15) is 24.9 Å². The fourth-order valence-electron chi connectivity index (χ4n) is 3.76. The van der Waals surface area contributed by atoms with Gasteiger partial charge in [0.2, 0.25) is 0 Å². The van der Waals surface area contributed by atoms with Gasteiger partial charge in [0, 0.05) is 12.1 Å². The van der Waals surface area contributed by atoms with Crippen LogP contribution in [-0.2, 0) is 0 Å². The molecule has 1 aliphatic heterocycles. The summed E-state index contributed by atoms with van der Waals surface area (Å²) in [7, 11) is 0. The maximum atomic E-state index is 12.0. The Kier molecular flexibility index (Phi) is 7.63. The number of phenols is 5. The molecule has 5 rings (SSSR count). The van der Waals surface area contributed by atoms with Gasteiger partial charge in [-0.15, -0.1) is 0 Å². The van der Waals surface area contributed by atoms with Gasteiger partial charge in [0.05, 0.1) is 17.5 Å². The molecule has 0 amide bonds. The van der Waals surface area contributed by atoms with Gasteiger partial charge in [-0.05, 0) is 65.7 Å². The minimum atomic E-state index is -0.387. The predicted octanol–water partition coefficient (Wildman–Crippen LogP) is 5.50. The molecule has 0 saturated carbocycles. The summed E-state index contributed by atoms with van der Waals surface area (Å²) in [5, 5.41) is 46.5. The number of carbonyl (C=O) groups is 2. The van der Waals surface area contributed by atoms with Crippen LogP contribution >= 0.6 is 0 Å². The number of carbonyl (C=O) groups excluding carboxylic acids is 2. The molecule has 0 bridgehead atoms. The third-order valence-electron chi connectivity index (χ3n) is 5.74. The fourth-order valence-corrected chi connectivity index (χ4v) is 3.76. The zero-order chi connectivity index (χ0) is 27.2. The van der Waals surface area contributed by atoms with Crippen LogP contribution in [0.25, 0.3) is 6.08 Å². The van der Waals surface area contributed by atoms with Crippen molar-refractivity contribution < 1.29 is 39.9 Å². The average Bonchev–Trinajstić information content (AvgIpc) is 2.88. The fraction of sp³-hybridized carbons (Fsp3) is 0.0667. The molecule has 8 heteroatoms. The molecule has 5 N–H and O–H groups in total. The number of ketones is 2. The number of rotatable bonds is 4. The lowest BCUT2D eigenvalue weighted by molar-refractivity contribution is 0.0849. The van der Waals surface area contributed by atoms with E-state index < -0.39 is 0 Å². The molecule has 1 atom stereocenters. The predicted molar refractivity (Wildman–Crippen MR) is 140 cm³/mol. The lowest BCUT2D eigenvalue weighted by Crippen LogP contribution is -2.20. The summed E-state index contributed by atoms with van der Waals surface area (Å²) in [6.45, 7) is 0. The normalized spacial score (nSPS) is 14.2. The summed E-state index contributed by atoms with van der Waals surface area (Å²) in [5.74, 6) is 0.0395. The highest BCUT2D eigenvalue weighted by Gasteiger charge is 2.27. The molecule has 192 valence electrons. The molecule has 1 aliphatic rings. The van der Waals surface area contributed by atoms with Crippen LogP contribution in [0.4, 0.5) is 0 Å². The van der Waals surface area contributed by atoms with Crippen molar-refractivity contribution in [3.63, 3.8) is 0 Å². The van der Waals surface area contributed by atoms with Gasteiger partial charge in [-0.3, -0.25) is 9.59 Å². The Labute approximate surface area is 218 Å². The second-order valence-corrected chi connectivity index (χ2v) is 8.50. The summed E-state index contributed by atoms with van der Waals surface area (Å²) in [5.41, 5.74) is 2.19. The van der Waals surface area contributed by atoms with Crippen LogP contribution in [0.2, 0.25) is 0 Å². The Morgan fingerprint density at radius 3 is 1.97 bits per heavy atom. The monoisotopic (exact) mass is 512 g/mol. The van der Waals surface area contributed by atoms with Gasteiger partial charge in [-0.2, -0.15) is 0 Å². The molecule has 4 aromatic rings. The van der Waals surface area contributed by atoms with E-state index in [1.54, 1.807) is 48.5 Å². The molecule has 38 heavy (non-hydrogen) atoms. The first-order valence-electron chi connectivity index (χ1n) is 11.5. The standard InChI is InChI=1S/2C15H12O4/c16-10-3-1-9(2-4-10)14-8-13(18)12-6-5-11(17)7-15(12)19-14;16-11-4-1-10(2-5-11)3-8-14(18)13-7-6-12(17)9-15(13)19/h1-7,14,16-17H,8H2;1-9,16-17,19H/b;8-3+. The van der Waals surface area contributed by atoms with Crippen LogP contribution in [0, 0.1) is 0 Å². The molecule has 0 aromatic heterocycles. The summed E-state index contributed by atoms with van der Waals surface area (Å²) in [6, 6.07) is 21.2. The van der Waals surface area contributed by atoms with E-state index in [1.807, 2.05) is 0 Å². The number of aromatic hydroxyl groups is 5. The minimum absolute atomic E-state index is 0.0145. The van der Waals surface area contributed by atoms with Crippen molar-refractivity contribution in [1.29, 1.82) is 0 Å². The second-order valence-electron chi connectivity index (χ2n) is 8.50. The van der Waals surface area contributed by atoms with Gasteiger partial charge in [0.15, 0.2) is 11.6 Å². The van der Waals surface area contributed by atoms with E-state index in [-0.39, 0.29) is 58.4 Å². The van der Waals surface area contributed by atoms with E-state index >= 15 is 0 Å². The van der Waals surface area contributed by atoms with E-state index in [0.717, 1.165) is 17.2 Å². The highest BCUT2D eigenvalue weighted by Crippen LogP contribution is 2.37.